The number of benzene rings is 1. The topological polar surface area (TPSA) is 39.7 Å². The van der Waals surface area contributed by atoms with Crippen molar-refractivity contribution >= 4 is 15.9 Å². The lowest BCUT2D eigenvalue weighted by Gasteiger charge is -2.06. The van der Waals surface area contributed by atoms with Crippen molar-refractivity contribution < 1.29 is 14.2 Å². The van der Waals surface area contributed by atoms with Crippen LogP contribution < -0.4 is 14.8 Å². The molecule has 1 aromatic rings. The minimum absolute atomic E-state index is 0.309. The van der Waals surface area contributed by atoms with Gasteiger partial charge in [-0.25, -0.2) is 0 Å². The Morgan fingerprint density at radius 3 is 3.06 bits per heavy atom. The fourth-order valence-corrected chi connectivity index (χ4v) is 2.30. The van der Waals surface area contributed by atoms with Crippen LogP contribution >= 0.6 is 15.9 Å². The van der Waals surface area contributed by atoms with E-state index in [1.807, 2.05) is 6.07 Å². The summed E-state index contributed by atoms with van der Waals surface area (Å²) in [5.41, 5.74) is 1.23. The first-order valence-electron chi connectivity index (χ1n) is 5.59. The molecule has 94 valence electrons. The van der Waals surface area contributed by atoms with Gasteiger partial charge in [-0.3, -0.25) is 0 Å². The maximum atomic E-state index is 5.37. The molecule has 0 unspecified atom stereocenters. The van der Waals surface area contributed by atoms with Gasteiger partial charge in [-0.1, -0.05) is 0 Å². The number of nitrogens with one attached hydrogen (secondary N) is 1. The SMILES string of the molecule is COCCNCCc1cc(Br)c2c(c1)OCO2. The smallest absolute Gasteiger partial charge is 0.231 e. The highest BCUT2D eigenvalue weighted by molar-refractivity contribution is 9.10. The maximum Gasteiger partial charge on any atom is 0.231 e. The van der Waals surface area contributed by atoms with E-state index >= 15 is 0 Å². The largest absolute Gasteiger partial charge is 0.454 e. The standard InChI is InChI=1S/C12H16BrNO3/c1-15-5-4-14-3-2-9-6-10(13)12-11(7-9)16-8-17-12/h6-7,14H,2-5,8H2,1H3. The van der Waals surface area contributed by atoms with E-state index in [-0.39, 0.29) is 0 Å². The summed E-state index contributed by atoms with van der Waals surface area (Å²) in [5, 5.41) is 3.31. The van der Waals surface area contributed by atoms with Crippen LogP contribution in [0.1, 0.15) is 5.56 Å². The molecule has 0 aromatic heterocycles. The Bertz CT molecular complexity index is 384. The molecule has 17 heavy (non-hydrogen) atoms. The fourth-order valence-electron chi connectivity index (χ4n) is 1.70. The molecule has 1 aliphatic heterocycles. The van der Waals surface area contributed by atoms with Crippen LogP contribution in [0.5, 0.6) is 11.5 Å². The minimum atomic E-state index is 0.309. The number of hydrogen-bond acceptors (Lipinski definition) is 4. The molecule has 0 aliphatic carbocycles. The van der Waals surface area contributed by atoms with Crippen molar-refractivity contribution in [3.63, 3.8) is 0 Å². The molecular weight excluding hydrogens is 286 g/mol. The zero-order valence-corrected chi connectivity index (χ0v) is 11.4. The molecule has 0 fully saturated rings. The van der Waals surface area contributed by atoms with E-state index in [2.05, 4.69) is 27.3 Å². The van der Waals surface area contributed by atoms with Crippen LogP contribution in [0.4, 0.5) is 0 Å². The van der Waals surface area contributed by atoms with Crippen LogP contribution in [0.2, 0.25) is 0 Å². The van der Waals surface area contributed by atoms with Gasteiger partial charge in [-0.2, -0.15) is 0 Å². The second-order valence-corrected chi connectivity index (χ2v) is 4.66. The number of fused-ring (bicyclic) bond motifs is 1. The third kappa shape index (κ3) is 3.34. The molecule has 5 heteroatoms. The summed E-state index contributed by atoms with van der Waals surface area (Å²) < 4.78 is 16.6. The van der Waals surface area contributed by atoms with Crippen molar-refractivity contribution in [3.05, 3.63) is 22.2 Å². The Morgan fingerprint density at radius 1 is 1.35 bits per heavy atom. The summed E-state index contributed by atoms with van der Waals surface area (Å²) in [6, 6.07) is 4.11. The summed E-state index contributed by atoms with van der Waals surface area (Å²) in [6.45, 7) is 2.85. The molecule has 0 atom stereocenters. The average Bonchev–Trinajstić information content (AvgIpc) is 2.77. The monoisotopic (exact) mass is 301 g/mol. The highest BCUT2D eigenvalue weighted by Gasteiger charge is 2.17. The van der Waals surface area contributed by atoms with E-state index in [1.54, 1.807) is 7.11 Å². The van der Waals surface area contributed by atoms with E-state index in [4.69, 9.17) is 14.2 Å². The average molecular weight is 302 g/mol. The van der Waals surface area contributed by atoms with Crippen LogP contribution in [-0.2, 0) is 11.2 Å². The van der Waals surface area contributed by atoms with Gasteiger partial charge in [0, 0.05) is 13.7 Å². The van der Waals surface area contributed by atoms with E-state index in [0.717, 1.165) is 42.1 Å². The lowest BCUT2D eigenvalue weighted by molar-refractivity contribution is 0.173. The van der Waals surface area contributed by atoms with Crippen molar-refractivity contribution in [1.29, 1.82) is 0 Å². The van der Waals surface area contributed by atoms with Crippen molar-refractivity contribution in [2.24, 2.45) is 0 Å². The van der Waals surface area contributed by atoms with Gasteiger partial charge in [-0.15, -0.1) is 0 Å². The molecule has 0 bridgehead atoms. The number of methoxy groups -OCH3 is 1. The second-order valence-electron chi connectivity index (χ2n) is 3.80. The summed E-state index contributed by atoms with van der Waals surface area (Å²) >= 11 is 3.49. The molecule has 0 saturated heterocycles. The summed E-state index contributed by atoms with van der Waals surface area (Å²) in [6.07, 6.45) is 0.957. The van der Waals surface area contributed by atoms with Gasteiger partial charge < -0.3 is 19.5 Å². The van der Waals surface area contributed by atoms with E-state index in [1.165, 1.54) is 5.56 Å². The first-order valence-corrected chi connectivity index (χ1v) is 6.38. The molecule has 0 radical (unpaired) electrons. The van der Waals surface area contributed by atoms with Crippen molar-refractivity contribution in [2.45, 2.75) is 6.42 Å². The zero-order valence-electron chi connectivity index (χ0n) is 9.79. The molecule has 2 rings (SSSR count). The van der Waals surface area contributed by atoms with Crippen molar-refractivity contribution in [1.82, 2.24) is 5.32 Å². The molecule has 4 nitrogen and oxygen atoms in total. The van der Waals surface area contributed by atoms with Crippen LogP contribution in [0.15, 0.2) is 16.6 Å². The van der Waals surface area contributed by atoms with E-state index < -0.39 is 0 Å². The van der Waals surface area contributed by atoms with Crippen LogP contribution in [-0.4, -0.2) is 33.6 Å². The number of ether oxygens (including phenoxy) is 3. The molecule has 0 amide bonds. The molecule has 1 aliphatic rings. The van der Waals surface area contributed by atoms with Crippen LogP contribution in [0.25, 0.3) is 0 Å². The second kappa shape index (κ2) is 6.23. The van der Waals surface area contributed by atoms with Crippen molar-refractivity contribution in [3.8, 4) is 11.5 Å². The molecule has 1 heterocycles. The quantitative estimate of drug-likeness (QED) is 0.816. The van der Waals surface area contributed by atoms with Gasteiger partial charge in [0.1, 0.15) is 0 Å². The Balaban J connectivity index is 1.87. The molecular formula is C12H16BrNO3. The Hall–Kier alpha value is -0.780. The Morgan fingerprint density at radius 2 is 2.24 bits per heavy atom. The minimum Gasteiger partial charge on any atom is -0.454 e. The lowest BCUT2D eigenvalue weighted by atomic mass is 10.1. The zero-order chi connectivity index (χ0) is 12.1. The normalized spacial score (nSPS) is 13.1. The predicted octanol–water partition coefficient (Wildman–Crippen LogP) is 1.96. The fraction of sp³-hybridized carbons (Fsp3) is 0.500. The highest BCUT2D eigenvalue weighted by Crippen LogP contribution is 2.39. The third-order valence-corrected chi connectivity index (χ3v) is 3.15. The predicted molar refractivity (Wildman–Crippen MR) is 68.7 cm³/mol. The van der Waals surface area contributed by atoms with Gasteiger partial charge in [-0.05, 0) is 46.6 Å². The first kappa shape index (κ1) is 12.7. The first-order chi connectivity index (χ1) is 8.31. The number of rotatable bonds is 6. The number of hydrogen-bond donors (Lipinski definition) is 1. The summed E-state index contributed by atoms with van der Waals surface area (Å²) in [7, 11) is 1.70. The maximum absolute atomic E-state index is 5.37. The van der Waals surface area contributed by atoms with E-state index in [0.29, 0.717) is 6.79 Å². The van der Waals surface area contributed by atoms with Crippen molar-refractivity contribution in [2.75, 3.05) is 33.6 Å². The van der Waals surface area contributed by atoms with Crippen LogP contribution in [0.3, 0.4) is 0 Å². The van der Waals surface area contributed by atoms with Crippen LogP contribution in [0, 0.1) is 0 Å². The van der Waals surface area contributed by atoms with Gasteiger partial charge in [0.2, 0.25) is 6.79 Å². The number of halogens is 1. The lowest BCUT2D eigenvalue weighted by Crippen LogP contribution is -2.21. The summed E-state index contributed by atoms with van der Waals surface area (Å²) in [5.74, 6) is 1.63. The van der Waals surface area contributed by atoms with Gasteiger partial charge in [0.05, 0.1) is 11.1 Å². The highest BCUT2D eigenvalue weighted by atomic mass is 79.9. The molecule has 1 N–H and O–H groups in total. The molecule has 1 aromatic carbocycles. The third-order valence-electron chi connectivity index (χ3n) is 2.56. The van der Waals surface area contributed by atoms with Gasteiger partial charge in [0.15, 0.2) is 11.5 Å². The van der Waals surface area contributed by atoms with E-state index in [9.17, 15) is 0 Å². The van der Waals surface area contributed by atoms with Gasteiger partial charge in [0.25, 0.3) is 0 Å². The Labute approximate surface area is 109 Å². The Kier molecular flexibility index (Phi) is 4.65. The van der Waals surface area contributed by atoms with Gasteiger partial charge >= 0.3 is 0 Å². The molecule has 0 spiro atoms. The molecule has 0 saturated carbocycles. The summed E-state index contributed by atoms with van der Waals surface area (Å²) in [4.78, 5) is 0.